The predicted molar refractivity (Wildman–Crippen MR) is 84.6 cm³/mol. The van der Waals surface area contributed by atoms with Crippen molar-refractivity contribution < 1.29 is 4.79 Å². The molecule has 5 rings (SSSR count). The molecule has 4 bridgehead atoms. The molecule has 0 N–H and O–H groups in total. The van der Waals surface area contributed by atoms with E-state index in [9.17, 15) is 4.79 Å². The molecule has 2 saturated carbocycles. The lowest BCUT2D eigenvalue weighted by atomic mass is 9.68. The molecule has 0 aromatic heterocycles. The Morgan fingerprint density at radius 2 is 1.76 bits per heavy atom. The van der Waals surface area contributed by atoms with Gasteiger partial charge in [-0.1, -0.05) is 17.7 Å². The molecule has 2 aliphatic carbocycles. The maximum atomic E-state index is 12.9. The van der Waals surface area contributed by atoms with Gasteiger partial charge in [0.2, 0.25) is 0 Å². The summed E-state index contributed by atoms with van der Waals surface area (Å²) in [7, 11) is 0. The molecule has 1 aromatic rings. The smallest absolute Gasteiger partial charge is 0.254 e. The zero-order valence-corrected chi connectivity index (χ0v) is 13.3. The van der Waals surface area contributed by atoms with E-state index in [0.29, 0.717) is 11.1 Å². The van der Waals surface area contributed by atoms with Crippen LogP contribution in [0.2, 0.25) is 5.02 Å². The van der Waals surface area contributed by atoms with Gasteiger partial charge in [-0.2, -0.15) is 0 Å². The number of hydrogen-bond donors (Lipinski definition) is 0. The maximum Gasteiger partial charge on any atom is 0.254 e. The van der Waals surface area contributed by atoms with Gasteiger partial charge in [0, 0.05) is 23.2 Å². The summed E-state index contributed by atoms with van der Waals surface area (Å²) >= 11 is 6.20. The highest BCUT2D eigenvalue weighted by Gasteiger charge is 2.44. The van der Waals surface area contributed by atoms with Crippen molar-refractivity contribution in [2.24, 2.45) is 17.8 Å². The van der Waals surface area contributed by atoms with Gasteiger partial charge < -0.3 is 4.90 Å². The largest absolute Gasteiger partial charge is 0.335 e. The molecule has 2 atom stereocenters. The Morgan fingerprint density at radius 1 is 1.10 bits per heavy atom. The highest BCUT2D eigenvalue weighted by atomic mass is 35.5. The van der Waals surface area contributed by atoms with Gasteiger partial charge in [-0.25, -0.2) is 0 Å². The van der Waals surface area contributed by atoms with Crippen molar-refractivity contribution in [3.05, 3.63) is 34.3 Å². The highest BCUT2D eigenvalue weighted by Crippen LogP contribution is 2.47. The van der Waals surface area contributed by atoms with Crippen LogP contribution in [0.1, 0.15) is 48.0 Å². The monoisotopic (exact) mass is 303 g/mol. The number of carbonyl (C=O) groups is 1. The van der Waals surface area contributed by atoms with E-state index < -0.39 is 0 Å². The van der Waals surface area contributed by atoms with E-state index in [2.05, 4.69) is 4.90 Å². The fourth-order valence-corrected chi connectivity index (χ4v) is 5.11. The Morgan fingerprint density at radius 3 is 2.43 bits per heavy atom. The van der Waals surface area contributed by atoms with Crippen molar-refractivity contribution in [1.29, 1.82) is 0 Å². The predicted octanol–water partition coefficient (Wildman–Crippen LogP) is 4.30. The zero-order chi connectivity index (χ0) is 14.6. The zero-order valence-electron chi connectivity index (χ0n) is 12.5. The number of aryl methyl sites for hydroxylation is 1. The lowest BCUT2D eigenvalue weighted by Gasteiger charge is -2.39. The maximum absolute atomic E-state index is 12.9. The normalized spacial score (nSPS) is 34.1. The molecule has 0 unspecified atom stereocenters. The fourth-order valence-electron chi connectivity index (χ4n) is 4.92. The third-order valence-corrected chi connectivity index (χ3v) is 6.19. The SMILES string of the molecule is Cc1ccc(C(=O)N2CC3C[C@H]4CC2C[C@H](C3)C4)cc1Cl. The second kappa shape index (κ2) is 5.01. The molecule has 1 aromatic carbocycles. The van der Waals surface area contributed by atoms with Gasteiger partial charge in [0.25, 0.3) is 5.91 Å². The molecule has 112 valence electrons. The molecule has 4 aliphatic rings. The van der Waals surface area contributed by atoms with Crippen LogP contribution in [0.3, 0.4) is 0 Å². The molecule has 0 radical (unpaired) electrons. The number of fused-ring (bicyclic) bond motifs is 1. The fraction of sp³-hybridized carbons (Fsp3) is 0.611. The first-order chi connectivity index (χ1) is 10.1. The Hall–Kier alpha value is -1.02. The van der Waals surface area contributed by atoms with Crippen LogP contribution in [0.4, 0.5) is 0 Å². The van der Waals surface area contributed by atoms with Gasteiger partial charge in [0.15, 0.2) is 0 Å². The van der Waals surface area contributed by atoms with E-state index in [1.165, 1.54) is 32.1 Å². The number of carbonyl (C=O) groups excluding carboxylic acids is 1. The van der Waals surface area contributed by atoms with Crippen LogP contribution in [-0.4, -0.2) is 23.4 Å². The number of halogens is 1. The van der Waals surface area contributed by atoms with Crippen molar-refractivity contribution in [2.75, 3.05) is 6.54 Å². The highest BCUT2D eigenvalue weighted by molar-refractivity contribution is 6.31. The van der Waals surface area contributed by atoms with Crippen molar-refractivity contribution in [3.8, 4) is 0 Å². The third-order valence-electron chi connectivity index (χ3n) is 5.79. The van der Waals surface area contributed by atoms with Gasteiger partial charge in [0.1, 0.15) is 0 Å². The molecule has 2 nitrogen and oxygen atoms in total. The summed E-state index contributed by atoms with van der Waals surface area (Å²) in [4.78, 5) is 15.1. The molecular formula is C18H22ClNO. The average molecular weight is 304 g/mol. The van der Waals surface area contributed by atoms with Gasteiger partial charge in [-0.3, -0.25) is 4.79 Å². The molecule has 0 spiro atoms. The standard InChI is InChI=1S/C18H22ClNO/c1-11-2-3-15(9-17(11)19)18(21)20-10-14-5-12-4-13(6-14)8-16(20)7-12/h2-3,9,12-14,16H,4-8,10H2,1H3/t12-,13-,14?,16?/m0/s1. The Bertz CT molecular complexity index is 571. The summed E-state index contributed by atoms with van der Waals surface area (Å²) in [5, 5.41) is 0.696. The number of hydrogen-bond acceptors (Lipinski definition) is 1. The van der Waals surface area contributed by atoms with E-state index in [1.807, 2.05) is 25.1 Å². The molecule has 3 heteroatoms. The minimum Gasteiger partial charge on any atom is -0.335 e. The minimum atomic E-state index is 0.190. The summed E-state index contributed by atoms with van der Waals surface area (Å²) in [5.74, 6) is 2.65. The van der Waals surface area contributed by atoms with E-state index in [1.54, 1.807) is 0 Å². The summed E-state index contributed by atoms with van der Waals surface area (Å²) in [6.45, 7) is 2.94. The second-order valence-electron chi connectivity index (χ2n) is 7.35. The summed E-state index contributed by atoms with van der Waals surface area (Å²) in [5.41, 5.74) is 1.79. The van der Waals surface area contributed by atoms with Crippen LogP contribution in [0, 0.1) is 24.7 Å². The van der Waals surface area contributed by atoms with Crippen LogP contribution in [0.5, 0.6) is 0 Å². The van der Waals surface area contributed by atoms with Gasteiger partial charge in [-0.15, -0.1) is 0 Å². The molecule has 1 amide bonds. The van der Waals surface area contributed by atoms with Crippen molar-refractivity contribution in [2.45, 2.75) is 45.1 Å². The quantitative estimate of drug-likeness (QED) is 0.757. The van der Waals surface area contributed by atoms with Gasteiger partial charge in [0.05, 0.1) is 0 Å². The van der Waals surface area contributed by atoms with Crippen LogP contribution in [0.25, 0.3) is 0 Å². The number of benzene rings is 1. The molecule has 2 heterocycles. The number of rotatable bonds is 1. The van der Waals surface area contributed by atoms with E-state index >= 15 is 0 Å². The minimum absolute atomic E-state index is 0.190. The van der Waals surface area contributed by atoms with Crippen LogP contribution >= 0.6 is 11.6 Å². The molecular weight excluding hydrogens is 282 g/mol. The third kappa shape index (κ3) is 2.38. The van der Waals surface area contributed by atoms with Gasteiger partial charge >= 0.3 is 0 Å². The van der Waals surface area contributed by atoms with Crippen LogP contribution in [0.15, 0.2) is 18.2 Å². The van der Waals surface area contributed by atoms with Crippen molar-refractivity contribution in [3.63, 3.8) is 0 Å². The summed E-state index contributed by atoms with van der Waals surface area (Å²) < 4.78 is 0. The topological polar surface area (TPSA) is 20.3 Å². The van der Waals surface area contributed by atoms with Crippen LogP contribution < -0.4 is 0 Å². The molecule has 4 fully saturated rings. The first kappa shape index (κ1) is 13.6. The Labute approximate surface area is 131 Å². The van der Waals surface area contributed by atoms with Gasteiger partial charge in [-0.05, 0) is 74.5 Å². The first-order valence-electron chi connectivity index (χ1n) is 8.17. The number of amides is 1. The van der Waals surface area contributed by atoms with E-state index in [4.69, 9.17) is 11.6 Å². The summed E-state index contributed by atoms with van der Waals surface area (Å²) in [6, 6.07) is 6.19. The summed E-state index contributed by atoms with van der Waals surface area (Å²) in [6.07, 6.45) is 6.53. The lowest BCUT2D eigenvalue weighted by molar-refractivity contribution is 0.0632. The molecule has 21 heavy (non-hydrogen) atoms. The Balaban J connectivity index is 1.63. The average Bonchev–Trinajstić information content (AvgIpc) is 2.65. The first-order valence-corrected chi connectivity index (χ1v) is 8.55. The van der Waals surface area contributed by atoms with Crippen molar-refractivity contribution in [1.82, 2.24) is 4.90 Å². The van der Waals surface area contributed by atoms with E-state index in [0.717, 1.165) is 35.4 Å². The molecule has 2 saturated heterocycles. The second-order valence-corrected chi connectivity index (χ2v) is 7.76. The number of nitrogens with zero attached hydrogens (tertiary/aromatic N) is 1. The van der Waals surface area contributed by atoms with Crippen LogP contribution in [-0.2, 0) is 0 Å². The van der Waals surface area contributed by atoms with E-state index in [-0.39, 0.29) is 5.91 Å². The lowest BCUT2D eigenvalue weighted by Crippen LogP contribution is -2.42. The molecule has 2 aliphatic heterocycles. The van der Waals surface area contributed by atoms with Crippen molar-refractivity contribution >= 4 is 17.5 Å². The Kier molecular flexibility index (Phi) is 3.25.